The van der Waals surface area contributed by atoms with Gasteiger partial charge in [-0.25, -0.2) is 0 Å². The van der Waals surface area contributed by atoms with Crippen molar-refractivity contribution in [3.63, 3.8) is 0 Å². The third kappa shape index (κ3) is 2.77. The Morgan fingerprint density at radius 2 is 2.67 bits per heavy atom. The minimum Gasteiger partial charge on any atom is -0.381 e. The monoisotopic (exact) mass is 226 g/mol. The van der Waals surface area contributed by atoms with Crippen molar-refractivity contribution in [2.45, 2.75) is 25.8 Å². The predicted octanol–water partition coefficient (Wildman–Crippen LogP) is 2.22. The molecule has 15 heavy (non-hydrogen) atoms. The van der Waals surface area contributed by atoms with E-state index >= 15 is 0 Å². The molecule has 1 aromatic rings. The fraction of sp³-hybridized carbons (Fsp3) is 0.727. The number of thiazole rings is 1. The Morgan fingerprint density at radius 3 is 3.27 bits per heavy atom. The summed E-state index contributed by atoms with van der Waals surface area (Å²) in [4.78, 5) is 5.50. The third-order valence-electron chi connectivity index (χ3n) is 2.85. The van der Waals surface area contributed by atoms with Crippen LogP contribution in [0, 0.1) is 5.92 Å². The highest BCUT2D eigenvalue weighted by Gasteiger charge is 2.25. The van der Waals surface area contributed by atoms with Crippen LogP contribution in [0.25, 0.3) is 0 Å². The standard InChI is InChI=1S/C11H18N2OS/c1-2-13-11(10-6-12-8-15-10)9-4-3-5-14-7-9/h6,8-9,11,13H,2-5,7H2,1H3. The van der Waals surface area contributed by atoms with Crippen LogP contribution in [0.15, 0.2) is 11.7 Å². The summed E-state index contributed by atoms with van der Waals surface area (Å²) >= 11 is 1.74. The van der Waals surface area contributed by atoms with Gasteiger partial charge in [0.05, 0.1) is 12.1 Å². The summed E-state index contributed by atoms with van der Waals surface area (Å²) < 4.78 is 5.55. The molecule has 1 aromatic heterocycles. The smallest absolute Gasteiger partial charge is 0.0794 e. The fourth-order valence-electron chi connectivity index (χ4n) is 2.13. The zero-order valence-electron chi connectivity index (χ0n) is 9.11. The minimum absolute atomic E-state index is 0.433. The van der Waals surface area contributed by atoms with E-state index in [1.807, 2.05) is 11.7 Å². The van der Waals surface area contributed by atoms with E-state index in [0.29, 0.717) is 12.0 Å². The molecule has 0 saturated carbocycles. The SMILES string of the molecule is CCNC(c1cncs1)C1CCCOC1. The molecule has 0 aliphatic carbocycles. The van der Waals surface area contributed by atoms with Gasteiger partial charge in [0.1, 0.15) is 0 Å². The van der Waals surface area contributed by atoms with Gasteiger partial charge < -0.3 is 10.1 Å². The van der Waals surface area contributed by atoms with E-state index in [0.717, 1.165) is 19.8 Å². The van der Waals surface area contributed by atoms with Crippen molar-refractivity contribution >= 4 is 11.3 Å². The molecule has 84 valence electrons. The number of rotatable bonds is 4. The van der Waals surface area contributed by atoms with Crippen LogP contribution in [-0.4, -0.2) is 24.7 Å². The average Bonchev–Trinajstić information content (AvgIpc) is 2.80. The molecule has 2 rings (SSSR count). The van der Waals surface area contributed by atoms with Crippen LogP contribution >= 0.6 is 11.3 Å². The molecule has 0 amide bonds. The average molecular weight is 226 g/mol. The third-order valence-corrected chi connectivity index (χ3v) is 3.71. The lowest BCUT2D eigenvalue weighted by molar-refractivity contribution is 0.0398. The molecule has 2 atom stereocenters. The van der Waals surface area contributed by atoms with Crippen LogP contribution in [0.1, 0.15) is 30.7 Å². The van der Waals surface area contributed by atoms with E-state index in [-0.39, 0.29) is 0 Å². The first-order valence-corrected chi connectivity index (χ1v) is 6.49. The highest BCUT2D eigenvalue weighted by Crippen LogP contribution is 2.30. The molecule has 0 aromatic carbocycles. The van der Waals surface area contributed by atoms with Crippen LogP contribution in [-0.2, 0) is 4.74 Å². The minimum atomic E-state index is 0.433. The lowest BCUT2D eigenvalue weighted by Crippen LogP contribution is -2.32. The number of hydrogen-bond acceptors (Lipinski definition) is 4. The van der Waals surface area contributed by atoms with Crippen molar-refractivity contribution in [3.8, 4) is 0 Å². The summed E-state index contributed by atoms with van der Waals surface area (Å²) in [6.45, 7) is 4.96. The Kier molecular flexibility index (Phi) is 4.11. The maximum atomic E-state index is 5.55. The van der Waals surface area contributed by atoms with Gasteiger partial charge in [-0.1, -0.05) is 6.92 Å². The second-order valence-electron chi connectivity index (χ2n) is 3.92. The molecule has 2 unspecified atom stereocenters. The fourth-order valence-corrected chi connectivity index (χ4v) is 2.91. The van der Waals surface area contributed by atoms with E-state index in [1.165, 1.54) is 17.7 Å². The Hall–Kier alpha value is -0.450. The Morgan fingerprint density at radius 1 is 1.73 bits per heavy atom. The van der Waals surface area contributed by atoms with Crippen LogP contribution in [0.5, 0.6) is 0 Å². The van der Waals surface area contributed by atoms with Gasteiger partial charge in [-0.05, 0) is 19.4 Å². The molecule has 1 saturated heterocycles. The molecule has 2 heterocycles. The largest absolute Gasteiger partial charge is 0.381 e. The summed E-state index contributed by atoms with van der Waals surface area (Å²) in [5.74, 6) is 0.610. The summed E-state index contributed by atoms with van der Waals surface area (Å²) in [6.07, 6.45) is 4.42. The molecule has 0 radical (unpaired) electrons. The molecule has 4 heteroatoms. The number of nitrogens with zero attached hydrogens (tertiary/aromatic N) is 1. The van der Waals surface area contributed by atoms with E-state index in [9.17, 15) is 0 Å². The molecule has 0 spiro atoms. The van der Waals surface area contributed by atoms with Crippen molar-refractivity contribution in [3.05, 3.63) is 16.6 Å². The van der Waals surface area contributed by atoms with Crippen molar-refractivity contribution in [2.24, 2.45) is 5.92 Å². The Balaban J connectivity index is 2.04. The van der Waals surface area contributed by atoms with Gasteiger partial charge in [0, 0.05) is 29.6 Å². The maximum Gasteiger partial charge on any atom is 0.0794 e. The number of ether oxygens (including phenoxy) is 1. The summed E-state index contributed by atoms with van der Waals surface area (Å²) in [5.41, 5.74) is 1.91. The van der Waals surface area contributed by atoms with Gasteiger partial charge in [0.2, 0.25) is 0 Å². The van der Waals surface area contributed by atoms with Gasteiger partial charge in [-0.15, -0.1) is 11.3 Å². The Labute approximate surface area is 94.9 Å². The Bertz CT molecular complexity index is 270. The summed E-state index contributed by atoms with van der Waals surface area (Å²) in [7, 11) is 0. The zero-order chi connectivity index (χ0) is 10.5. The van der Waals surface area contributed by atoms with E-state index in [1.54, 1.807) is 11.3 Å². The van der Waals surface area contributed by atoms with Gasteiger partial charge in [0.15, 0.2) is 0 Å². The number of aromatic nitrogens is 1. The van der Waals surface area contributed by atoms with Crippen molar-refractivity contribution < 1.29 is 4.74 Å². The van der Waals surface area contributed by atoms with Crippen molar-refractivity contribution in [2.75, 3.05) is 19.8 Å². The zero-order valence-corrected chi connectivity index (χ0v) is 9.93. The van der Waals surface area contributed by atoms with Gasteiger partial charge >= 0.3 is 0 Å². The highest BCUT2D eigenvalue weighted by atomic mass is 32.1. The predicted molar refractivity (Wildman–Crippen MR) is 62.1 cm³/mol. The lowest BCUT2D eigenvalue weighted by atomic mass is 9.93. The highest BCUT2D eigenvalue weighted by molar-refractivity contribution is 7.09. The van der Waals surface area contributed by atoms with Gasteiger partial charge in [0.25, 0.3) is 0 Å². The normalized spacial score (nSPS) is 23.9. The summed E-state index contributed by atoms with van der Waals surface area (Å²) in [6, 6.07) is 0.433. The molecule has 3 nitrogen and oxygen atoms in total. The quantitative estimate of drug-likeness (QED) is 0.855. The van der Waals surface area contributed by atoms with E-state index < -0.39 is 0 Å². The molecular weight excluding hydrogens is 208 g/mol. The van der Waals surface area contributed by atoms with Crippen molar-refractivity contribution in [1.82, 2.24) is 10.3 Å². The molecule has 1 N–H and O–H groups in total. The molecule has 1 aliphatic rings. The maximum absolute atomic E-state index is 5.55. The molecule has 1 fully saturated rings. The van der Waals surface area contributed by atoms with Gasteiger partial charge in [-0.3, -0.25) is 4.98 Å². The van der Waals surface area contributed by atoms with Gasteiger partial charge in [-0.2, -0.15) is 0 Å². The molecule has 1 aliphatic heterocycles. The first-order valence-electron chi connectivity index (χ1n) is 5.61. The second-order valence-corrected chi connectivity index (χ2v) is 4.83. The second kappa shape index (κ2) is 5.58. The molecular formula is C11H18N2OS. The first kappa shape index (κ1) is 11.0. The van der Waals surface area contributed by atoms with Crippen LogP contribution in [0.2, 0.25) is 0 Å². The van der Waals surface area contributed by atoms with E-state index in [2.05, 4.69) is 17.2 Å². The van der Waals surface area contributed by atoms with Crippen LogP contribution in [0.3, 0.4) is 0 Å². The van der Waals surface area contributed by atoms with Crippen molar-refractivity contribution in [1.29, 1.82) is 0 Å². The number of nitrogens with one attached hydrogen (secondary N) is 1. The van der Waals surface area contributed by atoms with E-state index in [4.69, 9.17) is 4.74 Å². The van der Waals surface area contributed by atoms with Crippen LogP contribution < -0.4 is 5.32 Å². The first-order chi connectivity index (χ1) is 7.42. The molecule has 0 bridgehead atoms. The topological polar surface area (TPSA) is 34.2 Å². The number of hydrogen-bond donors (Lipinski definition) is 1. The van der Waals surface area contributed by atoms with Crippen LogP contribution in [0.4, 0.5) is 0 Å². The summed E-state index contributed by atoms with van der Waals surface area (Å²) in [5, 5.41) is 3.55. The lowest BCUT2D eigenvalue weighted by Gasteiger charge is -2.29.